The Kier molecular flexibility index (Phi) is 5.46. The van der Waals surface area contributed by atoms with Crippen LogP contribution in [0, 0.1) is 11.3 Å². The summed E-state index contributed by atoms with van der Waals surface area (Å²) < 4.78 is 37.4. The van der Waals surface area contributed by atoms with E-state index in [-0.39, 0.29) is 5.91 Å². The van der Waals surface area contributed by atoms with E-state index < -0.39 is 17.0 Å². The smallest absolute Gasteiger partial charge is 0.325 e. The number of hydrogen-bond donors (Lipinski definition) is 1. The van der Waals surface area contributed by atoms with E-state index in [0.717, 1.165) is 24.0 Å². The summed E-state index contributed by atoms with van der Waals surface area (Å²) in [6.07, 6.45) is -3.70. The van der Waals surface area contributed by atoms with Gasteiger partial charge in [-0.1, -0.05) is 17.8 Å². The Morgan fingerprint density at radius 3 is 2.67 bits per heavy atom. The van der Waals surface area contributed by atoms with Crippen LogP contribution < -0.4 is 5.32 Å². The number of nitrogens with one attached hydrogen (secondary N) is 1. The minimum absolute atomic E-state index is 0.316. The molecule has 0 saturated heterocycles. The van der Waals surface area contributed by atoms with Gasteiger partial charge in [-0.15, -0.1) is 0 Å². The van der Waals surface area contributed by atoms with Gasteiger partial charge in [-0.3, -0.25) is 4.79 Å². The Bertz CT molecular complexity index is 769. The summed E-state index contributed by atoms with van der Waals surface area (Å²) in [5, 5.41) is 11.2. The van der Waals surface area contributed by atoms with Crippen LogP contribution in [0.2, 0.25) is 0 Å². The van der Waals surface area contributed by atoms with E-state index >= 15 is 0 Å². The van der Waals surface area contributed by atoms with E-state index in [9.17, 15) is 18.0 Å². The van der Waals surface area contributed by atoms with Crippen molar-refractivity contribution in [1.82, 2.24) is 4.98 Å². The molecule has 24 heavy (non-hydrogen) atoms. The summed E-state index contributed by atoms with van der Waals surface area (Å²) in [6, 6.07) is 10.6. The van der Waals surface area contributed by atoms with E-state index in [1.165, 1.54) is 12.1 Å². The molecule has 0 fully saturated rings. The van der Waals surface area contributed by atoms with Crippen LogP contribution in [0.5, 0.6) is 0 Å². The van der Waals surface area contributed by atoms with Gasteiger partial charge in [-0.25, -0.2) is 4.98 Å². The number of nitriles is 1. The minimum Gasteiger partial charge on any atom is -0.325 e. The summed E-state index contributed by atoms with van der Waals surface area (Å²) in [4.78, 5) is 15.8. The van der Waals surface area contributed by atoms with Gasteiger partial charge in [0.2, 0.25) is 5.91 Å². The van der Waals surface area contributed by atoms with Gasteiger partial charge in [0.05, 0.1) is 27.5 Å². The Labute approximate surface area is 140 Å². The molecule has 0 aliphatic rings. The molecule has 2 aromatic rings. The molecule has 0 radical (unpaired) electrons. The van der Waals surface area contributed by atoms with Crippen molar-refractivity contribution in [3.8, 4) is 6.07 Å². The molecule has 1 aromatic carbocycles. The number of carbonyl (C=O) groups is 1. The zero-order chi connectivity index (χ0) is 17.7. The maximum atomic E-state index is 12.5. The number of amides is 1. The number of nitrogens with zero attached hydrogens (tertiary/aromatic N) is 2. The fraction of sp³-hybridized carbons (Fsp3) is 0.188. The molecular formula is C16H12F3N3OS. The van der Waals surface area contributed by atoms with Crippen molar-refractivity contribution in [2.24, 2.45) is 0 Å². The Balaban J connectivity index is 2.00. The monoisotopic (exact) mass is 351 g/mol. The maximum absolute atomic E-state index is 12.5. The molecule has 124 valence electrons. The Morgan fingerprint density at radius 1 is 1.33 bits per heavy atom. The van der Waals surface area contributed by atoms with Crippen molar-refractivity contribution in [2.45, 2.75) is 23.4 Å². The molecule has 0 spiro atoms. The SMILES string of the molecule is CC(Sc1ccc(C(F)(F)F)cn1)C(=O)Nc1cccc(C#N)c1. The number of hydrogen-bond acceptors (Lipinski definition) is 4. The van der Waals surface area contributed by atoms with E-state index in [2.05, 4.69) is 10.3 Å². The Hall–Kier alpha value is -2.53. The largest absolute Gasteiger partial charge is 0.417 e. The van der Waals surface area contributed by atoms with Crippen LogP contribution in [0.15, 0.2) is 47.6 Å². The summed E-state index contributed by atoms with van der Waals surface area (Å²) in [6.45, 7) is 1.62. The third-order valence-electron chi connectivity index (χ3n) is 2.99. The molecular weight excluding hydrogens is 339 g/mol. The van der Waals surface area contributed by atoms with Crippen LogP contribution in [-0.4, -0.2) is 16.1 Å². The molecule has 4 nitrogen and oxygen atoms in total. The van der Waals surface area contributed by atoms with E-state index in [1.807, 2.05) is 6.07 Å². The lowest BCUT2D eigenvalue weighted by Crippen LogP contribution is -2.22. The van der Waals surface area contributed by atoms with Crippen molar-refractivity contribution in [3.05, 3.63) is 53.7 Å². The Morgan fingerprint density at radius 2 is 2.08 bits per heavy atom. The van der Waals surface area contributed by atoms with Gasteiger partial charge in [0.25, 0.3) is 0 Å². The first-order chi connectivity index (χ1) is 11.3. The highest BCUT2D eigenvalue weighted by atomic mass is 32.2. The normalized spacial score (nSPS) is 12.3. The average molecular weight is 351 g/mol. The molecule has 1 N–H and O–H groups in total. The van der Waals surface area contributed by atoms with Gasteiger partial charge in [0, 0.05) is 11.9 Å². The summed E-state index contributed by atoms with van der Waals surface area (Å²) in [7, 11) is 0. The molecule has 2 rings (SSSR count). The topological polar surface area (TPSA) is 65.8 Å². The first kappa shape index (κ1) is 17.8. The van der Waals surface area contributed by atoms with Crippen LogP contribution in [0.1, 0.15) is 18.1 Å². The number of carbonyl (C=O) groups excluding carboxylic acids is 1. The number of halogens is 3. The van der Waals surface area contributed by atoms with Gasteiger partial charge < -0.3 is 5.32 Å². The number of alkyl halides is 3. The number of aromatic nitrogens is 1. The molecule has 0 aliphatic heterocycles. The number of benzene rings is 1. The molecule has 0 saturated carbocycles. The van der Waals surface area contributed by atoms with E-state index in [0.29, 0.717) is 16.3 Å². The lowest BCUT2D eigenvalue weighted by Gasteiger charge is -2.12. The summed E-state index contributed by atoms with van der Waals surface area (Å²) in [5.41, 5.74) is 0.0571. The van der Waals surface area contributed by atoms with Gasteiger partial charge in [-0.2, -0.15) is 18.4 Å². The predicted octanol–water partition coefficient (Wildman–Crippen LogP) is 4.09. The highest BCUT2D eigenvalue weighted by Crippen LogP contribution is 2.30. The fourth-order valence-corrected chi connectivity index (χ4v) is 2.55. The molecule has 1 aromatic heterocycles. The zero-order valence-corrected chi connectivity index (χ0v) is 13.3. The minimum atomic E-state index is -4.44. The number of thioether (sulfide) groups is 1. The molecule has 1 unspecified atom stereocenters. The fourth-order valence-electron chi connectivity index (χ4n) is 1.76. The van der Waals surface area contributed by atoms with Gasteiger partial charge in [0.1, 0.15) is 0 Å². The third kappa shape index (κ3) is 4.73. The maximum Gasteiger partial charge on any atom is 0.417 e. The van der Waals surface area contributed by atoms with Crippen LogP contribution in [0.4, 0.5) is 18.9 Å². The summed E-state index contributed by atoms with van der Waals surface area (Å²) >= 11 is 1.04. The van der Waals surface area contributed by atoms with Crippen LogP contribution >= 0.6 is 11.8 Å². The van der Waals surface area contributed by atoms with Crippen LogP contribution in [0.25, 0.3) is 0 Å². The second kappa shape index (κ2) is 7.36. The molecule has 1 amide bonds. The standard InChI is InChI=1S/C16H12F3N3OS/c1-10(15(23)22-13-4-2-3-11(7-13)8-20)24-14-6-5-12(9-21-14)16(17,18)19/h2-7,9-10H,1H3,(H,22,23). The van der Waals surface area contributed by atoms with Crippen LogP contribution in [0.3, 0.4) is 0 Å². The van der Waals surface area contributed by atoms with Crippen molar-refractivity contribution >= 4 is 23.4 Å². The van der Waals surface area contributed by atoms with Gasteiger partial charge in [0.15, 0.2) is 0 Å². The van der Waals surface area contributed by atoms with Crippen molar-refractivity contribution in [2.75, 3.05) is 5.32 Å². The second-order valence-electron chi connectivity index (χ2n) is 4.82. The van der Waals surface area contributed by atoms with Crippen molar-refractivity contribution < 1.29 is 18.0 Å². The number of pyridine rings is 1. The highest BCUT2D eigenvalue weighted by Gasteiger charge is 2.30. The average Bonchev–Trinajstić information content (AvgIpc) is 2.54. The van der Waals surface area contributed by atoms with Gasteiger partial charge in [-0.05, 0) is 37.3 Å². The quantitative estimate of drug-likeness (QED) is 0.843. The number of rotatable bonds is 4. The molecule has 0 bridgehead atoms. The van der Waals surface area contributed by atoms with Crippen LogP contribution in [-0.2, 0) is 11.0 Å². The molecule has 0 aliphatic carbocycles. The number of anilines is 1. The molecule has 1 heterocycles. The third-order valence-corrected chi connectivity index (χ3v) is 4.04. The highest BCUT2D eigenvalue weighted by molar-refractivity contribution is 8.00. The lowest BCUT2D eigenvalue weighted by molar-refractivity contribution is -0.137. The zero-order valence-electron chi connectivity index (χ0n) is 12.5. The first-order valence-corrected chi connectivity index (χ1v) is 7.68. The van der Waals surface area contributed by atoms with Gasteiger partial charge >= 0.3 is 6.18 Å². The molecule has 8 heteroatoms. The molecule has 1 atom stereocenters. The first-order valence-electron chi connectivity index (χ1n) is 6.80. The second-order valence-corrected chi connectivity index (χ2v) is 6.19. The summed E-state index contributed by atoms with van der Waals surface area (Å²) in [5.74, 6) is -0.336. The van der Waals surface area contributed by atoms with E-state index in [1.54, 1.807) is 25.1 Å². The predicted molar refractivity (Wildman–Crippen MR) is 84.3 cm³/mol. The lowest BCUT2D eigenvalue weighted by atomic mass is 10.2. The van der Waals surface area contributed by atoms with E-state index in [4.69, 9.17) is 5.26 Å². The van der Waals surface area contributed by atoms with Crippen molar-refractivity contribution in [3.63, 3.8) is 0 Å². The van der Waals surface area contributed by atoms with Crippen molar-refractivity contribution in [1.29, 1.82) is 5.26 Å².